The normalized spacial score (nSPS) is 21.0. The SMILES string of the molecule is O=C(O)C1(CN2CCC(COc3noc4cccc(O)c34)CC2)CCOCC1. The molecule has 2 fully saturated rings. The standard InChI is InChI=1S/C20H26N2O6/c23-15-2-1-3-16-17(15)18(21-28-16)27-12-14-4-8-22(9-5-14)13-20(19(24)25)6-10-26-11-7-20/h1-3,14,23H,4-13H2,(H,24,25). The Kier molecular flexibility index (Phi) is 5.41. The number of hydrogen-bond donors (Lipinski definition) is 2. The van der Waals surface area contributed by atoms with Gasteiger partial charge in [-0.1, -0.05) is 6.07 Å². The van der Waals surface area contributed by atoms with E-state index < -0.39 is 11.4 Å². The molecule has 28 heavy (non-hydrogen) atoms. The molecule has 0 unspecified atom stereocenters. The summed E-state index contributed by atoms with van der Waals surface area (Å²) in [7, 11) is 0. The highest BCUT2D eigenvalue weighted by atomic mass is 16.5. The van der Waals surface area contributed by atoms with Gasteiger partial charge in [0.25, 0.3) is 5.88 Å². The van der Waals surface area contributed by atoms with Crippen molar-refractivity contribution < 1.29 is 29.0 Å². The number of carboxylic acids is 1. The third kappa shape index (κ3) is 3.79. The first-order chi connectivity index (χ1) is 13.6. The van der Waals surface area contributed by atoms with Gasteiger partial charge in [-0.25, -0.2) is 0 Å². The van der Waals surface area contributed by atoms with Gasteiger partial charge in [0, 0.05) is 19.8 Å². The molecule has 2 saturated heterocycles. The van der Waals surface area contributed by atoms with Gasteiger partial charge in [-0.05, 0) is 62.0 Å². The number of benzene rings is 1. The van der Waals surface area contributed by atoms with Crippen LogP contribution in [0.1, 0.15) is 25.7 Å². The number of hydrogen-bond acceptors (Lipinski definition) is 7. The molecule has 3 heterocycles. The summed E-state index contributed by atoms with van der Waals surface area (Å²) in [5, 5.41) is 24.1. The Morgan fingerprint density at radius 3 is 2.75 bits per heavy atom. The van der Waals surface area contributed by atoms with Crippen LogP contribution in [0.25, 0.3) is 11.0 Å². The van der Waals surface area contributed by atoms with E-state index in [0.717, 1.165) is 25.9 Å². The number of nitrogens with zero attached hydrogens (tertiary/aromatic N) is 2. The van der Waals surface area contributed by atoms with Crippen molar-refractivity contribution in [2.24, 2.45) is 11.3 Å². The Labute approximate surface area is 163 Å². The van der Waals surface area contributed by atoms with E-state index in [4.69, 9.17) is 14.0 Å². The van der Waals surface area contributed by atoms with Crippen LogP contribution < -0.4 is 4.74 Å². The van der Waals surface area contributed by atoms with Crippen molar-refractivity contribution in [2.75, 3.05) is 39.5 Å². The van der Waals surface area contributed by atoms with Crippen molar-refractivity contribution in [1.82, 2.24) is 10.1 Å². The van der Waals surface area contributed by atoms with Gasteiger partial charge in [-0.3, -0.25) is 4.79 Å². The van der Waals surface area contributed by atoms with E-state index >= 15 is 0 Å². The van der Waals surface area contributed by atoms with Crippen LogP contribution >= 0.6 is 0 Å². The van der Waals surface area contributed by atoms with Gasteiger partial charge >= 0.3 is 5.97 Å². The van der Waals surface area contributed by atoms with Gasteiger partial charge in [0.05, 0.1) is 12.0 Å². The van der Waals surface area contributed by atoms with Crippen LogP contribution in [0.4, 0.5) is 0 Å². The molecule has 152 valence electrons. The molecule has 0 radical (unpaired) electrons. The smallest absolute Gasteiger partial charge is 0.311 e. The largest absolute Gasteiger partial charge is 0.507 e. The molecule has 0 bridgehead atoms. The van der Waals surface area contributed by atoms with Crippen LogP contribution in [0.15, 0.2) is 22.7 Å². The number of carbonyl (C=O) groups is 1. The highest BCUT2D eigenvalue weighted by Gasteiger charge is 2.42. The van der Waals surface area contributed by atoms with Crippen molar-refractivity contribution in [3.05, 3.63) is 18.2 Å². The quantitative estimate of drug-likeness (QED) is 0.775. The van der Waals surface area contributed by atoms with Crippen molar-refractivity contribution >= 4 is 16.9 Å². The molecule has 2 aliphatic rings. The highest BCUT2D eigenvalue weighted by molar-refractivity contribution is 5.88. The molecular weight excluding hydrogens is 364 g/mol. The molecule has 8 heteroatoms. The second kappa shape index (κ2) is 7.97. The second-order valence-electron chi connectivity index (χ2n) is 7.87. The average Bonchev–Trinajstić information content (AvgIpc) is 3.13. The van der Waals surface area contributed by atoms with Crippen molar-refractivity contribution in [3.63, 3.8) is 0 Å². The fraction of sp³-hybridized carbons (Fsp3) is 0.600. The van der Waals surface area contributed by atoms with Crippen LogP contribution in [0.5, 0.6) is 11.6 Å². The zero-order chi connectivity index (χ0) is 19.6. The minimum atomic E-state index is -0.709. The molecule has 1 aromatic carbocycles. The number of piperidine rings is 1. The molecule has 1 aromatic heterocycles. The maximum Gasteiger partial charge on any atom is 0.311 e. The number of aliphatic carboxylic acids is 1. The average molecular weight is 390 g/mol. The Morgan fingerprint density at radius 2 is 2.04 bits per heavy atom. The molecule has 2 aromatic rings. The van der Waals surface area contributed by atoms with Crippen molar-refractivity contribution in [1.29, 1.82) is 0 Å². The van der Waals surface area contributed by atoms with E-state index in [9.17, 15) is 15.0 Å². The van der Waals surface area contributed by atoms with Crippen LogP contribution in [0.2, 0.25) is 0 Å². The summed E-state index contributed by atoms with van der Waals surface area (Å²) in [6.45, 7) is 3.84. The molecule has 0 saturated carbocycles. The zero-order valence-electron chi connectivity index (χ0n) is 15.8. The van der Waals surface area contributed by atoms with Crippen molar-refractivity contribution in [3.8, 4) is 11.6 Å². The summed E-state index contributed by atoms with van der Waals surface area (Å²) in [6, 6.07) is 5.02. The predicted molar refractivity (Wildman–Crippen MR) is 100 cm³/mol. The fourth-order valence-electron chi connectivity index (χ4n) is 4.18. The number of carboxylic acid groups (broad SMARTS) is 1. The summed E-state index contributed by atoms with van der Waals surface area (Å²) in [6.07, 6.45) is 3.03. The topological polar surface area (TPSA) is 105 Å². The molecule has 2 aliphatic heterocycles. The molecule has 4 rings (SSSR count). The lowest BCUT2D eigenvalue weighted by molar-refractivity contribution is -0.157. The first-order valence-corrected chi connectivity index (χ1v) is 9.81. The Bertz CT molecular complexity index is 821. The summed E-state index contributed by atoms with van der Waals surface area (Å²) in [5.74, 6) is 0.0739. The lowest BCUT2D eigenvalue weighted by Crippen LogP contribution is -2.49. The Hall–Kier alpha value is -2.32. The number of likely N-dealkylation sites (tertiary alicyclic amines) is 1. The van der Waals surface area contributed by atoms with E-state index in [2.05, 4.69) is 10.1 Å². The van der Waals surface area contributed by atoms with Gasteiger partial charge in [-0.2, -0.15) is 0 Å². The highest BCUT2D eigenvalue weighted by Crippen LogP contribution is 2.35. The summed E-state index contributed by atoms with van der Waals surface area (Å²) in [4.78, 5) is 14.1. The van der Waals surface area contributed by atoms with Crippen molar-refractivity contribution in [2.45, 2.75) is 25.7 Å². The Balaban J connectivity index is 1.30. The molecule has 8 nitrogen and oxygen atoms in total. The Morgan fingerprint density at radius 1 is 1.29 bits per heavy atom. The number of fused-ring (bicyclic) bond motifs is 1. The molecular formula is C20H26N2O6. The van der Waals surface area contributed by atoms with E-state index in [1.807, 2.05) is 0 Å². The van der Waals surface area contributed by atoms with Crippen LogP contribution in [0.3, 0.4) is 0 Å². The van der Waals surface area contributed by atoms with Gasteiger partial charge in [-0.15, -0.1) is 0 Å². The lowest BCUT2D eigenvalue weighted by Gasteiger charge is -2.40. The molecule has 0 atom stereocenters. The van der Waals surface area contributed by atoms with Gasteiger partial charge in [0.15, 0.2) is 5.58 Å². The minimum absolute atomic E-state index is 0.0963. The summed E-state index contributed by atoms with van der Waals surface area (Å²) >= 11 is 0. The van der Waals surface area contributed by atoms with Gasteiger partial charge in [0.2, 0.25) is 0 Å². The van der Waals surface area contributed by atoms with E-state index in [-0.39, 0.29) is 5.75 Å². The van der Waals surface area contributed by atoms with E-state index in [1.54, 1.807) is 18.2 Å². The molecule has 0 amide bonds. The summed E-state index contributed by atoms with van der Waals surface area (Å²) < 4.78 is 16.4. The lowest BCUT2D eigenvalue weighted by atomic mass is 9.79. The zero-order valence-corrected chi connectivity index (χ0v) is 15.8. The van der Waals surface area contributed by atoms with E-state index in [0.29, 0.717) is 62.0 Å². The van der Waals surface area contributed by atoms with Gasteiger partial charge in [0.1, 0.15) is 11.1 Å². The molecule has 0 spiro atoms. The fourth-order valence-corrected chi connectivity index (χ4v) is 4.18. The molecule has 0 aliphatic carbocycles. The number of phenolic OH excluding ortho intramolecular Hbond substituents is 1. The van der Waals surface area contributed by atoms with Crippen LogP contribution in [-0.2, 0) is 9.53 Å². The predicted octanol–water partition coefficient (Wildman–Crippen LogP) is 2.51. The van der Waals surface area contributed by atoms with Gasteiger partial charge < -0.3 is 29.1 Å². The monoisotopic (exact) mass is 390 g/mol. The maximum absolute atomic E-state index is 11.8. The van der Waals surface area contributed by atoms with E-state index in [1.165, 1.54) is 0 Å². The second-order valence-corrected chi connectivity index (χ2v) is 7.87. The van der Waals surface area contributed by atoms with Crippen LogP contribution in [-0.4, -0.2) is 65.7 Å². The minimum Gasteiger partial charge on any atom is -0.507 e. The number of rotatable bonds is 6. The summed E-state index contributed by atoms with van der Waals surface area (Å²) in [5.41, 5.74) is -0.182. The first-order valence-electron chi connectivity index (χ1n) is 9.81. The maximum atomic E-state index is 11.8. The number of aromatic nitrogens is 1. The first kappa shape index (κ1) is 19.0. The number of phenols is 1. The third-order valence-corrected chi connectivity index (χ3v) is 6.04. The van der Waals surface area contributed by atoms with Crippen LogP contribution in [0, 0.1) is 11.3 Å². The number of aromatic hydroxyl groups is 1. The third-order valence-electron chi connectivity index (χ3n) is 6.04. The molecule has 2 N–H and O–H groups in total. The number of ether oxygens (including phenoxy) is 2.